The third kappa shape index (κ3) is 3.23. The lowest BCUT2D eigenvalue weighted by Gasteiger charge is -2.39. The molecule has 0 aromatic heterocycles. The zero-order valence-corrected chi connectivity index (χ0v) is 13.6. The van der Waals surface area contributed by atoms with Gasteiger partial charge in [0.1, 0.15) is 0 Å². The molecule has 2 saturated carbocycles. The summed E-state index contributed by atoms with van der Waals surface area (Å²) in [4.78, 5) is 0. The summed E-state index contributed by atoms with van der Waals surface area (Å²) in [6.07, 6.45) is 6.89. The highest BCUT2D eigenvalue weighted by atomic mass is 32.2. The monoisotopic (exact) mass is 289 g/mol. The second-order valence-corrected chi connectivity index (χ2v) is 8.05. The topological polar surface area (TPSA) is 12.0 Å². The van der Waals surface area contributed by atoms with Crippen LogP contribution in [-0.4, -0.2) is 23.1 Å². The van der Waals surface area contributed by atoms with Crippen LogP contribution in [0.3, 0.4) is 0 Å². The van der Waals surface area contributed by atoms with Crippen molar-refractivity contribution >= 4 is 11.8 Å². The summed E-state index contributed by atoms with van der Waals surface area (Å²) in [6.45, 7) is 4.53. The van der Waals surface area contributed by atoms with Gasteiger partial charge in [-0.3, -0.25) is 0 Å². The first-order valence-electron chi connectivity index (χ1n) is 8.19. The summed E-state index contributed by atoms with van der Waals surface area (Å²) in [5, 5.41) is 4.83. The minimum absolute atomic E-state index is 0.773. The molecule has 0 spiro atoms. The fraction of sp³-hybridized carbons (Fsp3) is 0.667. The Morgan fingerprint density at radius 2 is 1.90 bits per heavy atom. The molecule has 3 rings (SSSR count). The molecule has 0 amide bonds. The van der Waals surface area contributed by atoms with Gasteiger partial charge in [-0.2, -0.15) is 11.8 Å². The highest BCUT2D eigenvalue weighted by Gasteiger charge is 2.34. The Bertz CT molecular complexity index is 439. The summed E-state index contributed by atoms with van der Waals surface area (Å²) < 4.78 is 0. The highest BCUT2D eigenvalue weighted by Crippen LogP contribution is 2.39. The number of hydrogen-bond acceptors (Lipinski definition) is 2. The second kappa shape index (κ2) is 6.53. The van der Waals surface area contributed by atoms with Gasteiger partial charge in [0.25, 0.3) is 0 Å². The lowest BCUT2D eigenvalue weighted by atomic mass is 9.74. The minimum atomic E-state index is 0.773. The van der Waals surface area contributed by atoms with E-state index >= 15 is 0 Å². The molecule has 20 heavy (non-hydrogen) atoms. The molecule has 0 bridgehead atoms. The molecular formula is C18H27NS. The van der Waals surface area contributed by atoms with E-state index in [0.29, 0.717) is 0 Å². The van der Waals surface area contributed by atoms with Crippen LogP contribution in [0, 0.1) is 6.92 Å². The van der Waals surface area contributed by atoms with E-state index in [-0.39, 0.29) is 0 Å². The molecule has 2 aliphatic rings. The van der Waals surface area contributed by atoms with Crippen LogP contribution < -0.4 is 5.32 Å². The van der Waals surface area contributed by atoms with Gasteiger partial charge in [-0.25, -0.2) is 0 Å². The average Bonchev–Trinajstić information content (AvgIpc) is 2.83. The Kier molecular flexibility index (Phi) is 4.72. The van der Waals surface area contributed by atoms with Crippen LogP contribution in [-0.2, 0) is 0 Å². The molecule has 2 atom stereocenters. The summed E-state index contributed by atoms with van der Waals surface area (Å²) >= 11 is 2.15. The zero-order valence-electron chi connectivity index (χ0n) is 12.8. The normalized spacial score (nSPS) is 33.1. The van der Waals surface area contributed by atoms with Gasteiger partial charge < -0.3 is 5.32 Å². The van der Waals surface area contributed by atoms with Crippen LogP contribution in [0.5, 0.6) is 0 Å². The van der Waals surface area contributed by atoms with E-state index in [1.807, 2.05) is 0 Å². The highest BCUT2D eigenvalue weighted by molar-refractivity contribution is 7.99. The van der Waals surface area contributed by atoms with E-state index in [1.54, 1.807) is 5.56 Å². The van der Waals surface area contributed by atoms with E-state index in [4.69, 9.17) is 0 Å². The standard InChI is InChI=1S/C18H27NS/c1-3-20-17-9-8-15(12-17)19-16-10-14(11-16)18-7-5-4-6-13(18)2/h4-7,14-17,19H,3,8-12H2,1-2H3. The third-order valence-corrected chi connectivity index (χ3v) is 6.26. The van der Waals surface area contributed by atoms with Crippen molar-refractivity contribution in [2.24, 2.45) is 0 Å². The van der Waals surface area contributed by atoms with E-state index < -0.39 is 0 Å². The molecule has 2 unspecified atom stereocenters. The molecule has 1 nitrogen and oxygen atoms in total. The van der Waals surface area contributed by atoms with Gasteiger partial charge in [-0.15, -0.1) is 0 Å². The van der Waals surface area contributed by atoms with E-state index in [1.165, 1.54) is 43.4 Å². The molecule has 2 aliphatic carbocycles. The van der Waals surface area contributed by atoms with Crippen molar-refractivity contribution in [3.63, 3.8) is 0 Å². The van der Waals surface area contributed by atoms with Crippen molar-refractivity contribution in [1.29, 1.82) is 0 Å². The van der Waals surface area contributed by atoms with Crippen molar-refractivity contribution < 1.29 is 0 Å². The fourth-order valence-electron chi connectivity index (χ4n) is 3.86. The number of aryl methyl sites for hydroxylation is 1. The van der Waals surface area contributed by atoms with Crippen LogP contribution in [0.15, 0.2) is 24.3 Å². The van der Waals surface area contributed by atoms with Crippen LogP contribution in [0.1, 0.15) is 56.1 Å². The first-order valence-corrected chi connectivity index (χ1v) is 9.24. The molecular weight excluding hydrogens is 262 g/mol. The second-order valence-electron chi connectivity index (χ2n) is 6.48. The number of thioether (sulfide) groups is 1. The van der Waals surface area contributed by atoms with Crippen LogP contribution in [0.25, 0.3) is 0 Å². The molecule has 0 saturated heterocycles. The van der Waals surface area contributed by atoms with Gasteiger partial charge in [0.2, 0.25) is 0 Å². The fourth-order valence-corrected chi connectivity index (χ4v) is 5.01. The van der Waals surface area contributed by atoms with Gasteiger partial charge in [0.15, 0.2) is 0 Å². The lowest BCUT2D eigenvalue weighted by Crippen LogP contribution is -2.44. The maximum absolute atomic E-state index is 3.91. The summed E-state index contributed by atoms with van der Waals surface area (Å²) in [7, 11) is 0. The Hall–Kier alpha value is -0.470. The maximum atomic E-state index is 3.91. The van der Waals surface area contributed by atoms with Crippen molar-refractivity contribution in [2.75, 3.05) is 5.75 Å². The summed E-state index contributed by atoms with van der Waals surface area (Å²) in [5.74, 6) is 2.08. The van der Waals surface area contributed by atoms with Crippen molar-refractivity contribution in [2.45, 2.75) is 69.2 Å². The molecule has 0 radical (unpaired) electrons. The first-order chi connectivity index (χ1) is 9.76. The smallest absolute Gasteiger partial charge is 0.00813 e. The largest absolute Gasteiger partial charge is 0.311 e. The predicted molar refractivity (Wildman–Crippen MR) is 89.6 cm³/mol. The van der Waals surface area contributed by atoms with Crippen molar-refractivity contribution in [3.05, 3.63) is 35.4 Å². The van der Waals surface area contributed by atoms with Gasteiger partial charge >= 0.3 is 0 Å². The molecule has 1 aromatic carbocycles. The minimum Gasteiger partial charge on any atom is -0.311 e. The third-order valence-electron chi connectivity index (χ3n) is 5.02. The zero-order chi connectivity index (χ0) is 13.9. The number of benzene rings is 1. The van der Waals surface area contributed by atoms with Gasteiger partial charge in [0.05, 0.1) is 0 Å². The molecule has 110 valence electrons. The Morgan fingerprint density at radius 3 is 2.65 bits per heavy atom. The van der Waals surface area contributed by atoms with E-state index in [0.717, 1.165) is 23.3 Å². The number of rotatable bonds is 5. The quantitative estimate of drug-likeness (QED) is 0.856. The predicted octanol–water partition coefficient (Wildman–Crippen LogP) is 4.50. The molecule has 2 heteroatoms. The van der Waals surface area contributed by atoms with E-state index in [2.05, 4.69) is 55.2 Å². The summed E-state index contributed by atoms with van der Waals surface area (Å²) in [5.41, 5.74) is 3.05. The molecule has 0 heterocycles. The van der Waals surface area contributed by atoms with Gasteiger partial charge in [0, 0.05) is 17.3 Å². The Morgan fingerprint density at radius 1 is 1.10 bits per heavy atom. The average molecular weight is 289 g/mol. The Labute approximate surface area is 127 Å². The van der Waals surface area contributed by atoms with Crippen LogP contribution in [0.2, 0.25) is 0 Å². The van der Waals surface area contributed by atoms with E-state index in [9.17, 15) is 0 Å². The summed E-state index contributed by atoms with van der Waals surface area (Å²) in [6, 6.07) is 10.5. The van der Waals surface area contributed by atoms with Crippen molar-refractivity contribution in [1.82, 2.24) is 5.32 Å². The number of nitrogens with one attached hydrogen (secondary N) is 1. The molecule has 1 aromatic rings. The molecule has 1 N–H and O–H groups in total. The SMILES string of the molecule is CCSC1CCC(NC2CC(c3ccccc3C)C2)C1. The Balaban J connectivity index is 1.44. The van der Waals surface area contributed by atoms with Crippen LogP contribution >= 0.6 is 11.8 Å². The molecule has 0 aliphatic heterocycles. The number of hydrogen-bond donors (Lipinski definition) is 1. The van der Waals surface area contributed by atoms with Crippen LogP contribution in [0.4, 0.5) is 0 Å². The first kappa shape index (κ1) is 14.5. The van der Waals surface area contributed by atoms with Gasteiger partial charge in [-0.1, -0.05) is 31.2 Å². The maximum Gasteiger partial charge on any atom is 0.00813 e. The van der Waals surface area contributed by atoms with Gasteiger partial charge in [-0.05, 0) is 61.8 Å². The molecule has 2 fully saturated rings. The van der Waals surface area contributed by atoms with Crippen molar-refractivity contribution in [3.8, 4) is 0 Å². The lowest BCUT2D eigenvalue weighted by molar-refractivity contribution is 0.264.